The van der Waals surface area contributed by atoms with E-state index in [1.807, 2.05) is 13.8 Å². The Kier molecular flexibility index (Phi) is 7.50. The zero-order valence-corrected chi connectivity index (χ0v) is 16.7. The molecule has 0 saturated carbocycles. The standard InChI is InChI=1S/C21H23N3O3S/c1-3-14-23-28(26,27)20-11-6-17(7-12-20)8-13-21(25)24-16(2)19-9-4-18(15-22)5-10-19/h4-13,16,23H,3,14H2,1-2H3,(H,24,25)/b13-8+. The van der Waals surface area contributed by atoms with Crippen LogP contribution in [0.1, 0.15) is 43.0 Å². The van der Waals surface area contributed by atoms with Gasteiger partial charge in [0.05, 0.1) is 22.6 Å². The van der Waals surface area contributed by atoms with Crippen molar-refractivity contribution in [1.29, 1.82) is 5.26 Å². The number of carbonyl (C=O) groups excluding carboxylic acids is 1. The van der Waals surface area contributed by atoms with Crippen LogP contribution in [0.4, 0.5) is 0 Å². The molecule has 0 fully saturated rings. The highest BCUT2D eigenvalue weighted by atomic mass is 32.2. The second-order valence-electron chi connectivity index (χ2n) is 6.26. The fourth-order valence-electron chi connectivity index (χ4n) is 2.44. The number of sulfonamides is 1. The first-order chi connectivity index (χ1) is 13.4. The lowest BCUT2D eigenvalue weighted by molar-refractivity contribution is -0.117. The Morgan fingerprint density at radius 2 is 1.79 bits per heavy atom. The van der Waals surface area contributed by atoms with Gasteiger partial charge in [-0.25, -0.2) is 13.1 Å². The Morgan fingerprint density at radius 3 is 2.36 bits per heavy atom. The number of hydrogen-bond donors (Lipinski definition) is 2. The van der Waals surface area contributed by atoms with Crippen LogP contribution in [0.15, 0.2) is 59.5 Å². The number of benzene rings is 2. The molecule has 0 aliphatic heterocycles. The van der Waals surface area contributed by atoms with E-state index in [4.69, 9.17) is 5.26 Å². The van der Waals surface area contributed by atoms with Gasteiger partial charge in [-0.05, 0) is 54.8 Å². The first-order valence-electron chi connectivity index (χ1n) is 8.94. The molecular formula is C21H23N3O3S. The fraction of sp³-hybridized carbons (Fsp3) is 0.238. The maximum Gasteiger partial charge on any atom is 0.244 e. The normalized spacial score (nSPS) is 12.5. The molecule has 28 heavy (non-hydrogen) atoms. The van der Waals surface area contributed by atoms with Crippen LogP contribution >= 0.6 is 0 Å². The van der Waals surface area contributed by atoms with Gasteiger partial charge < -0.3 is 5.32 Å². The van der Waals surface area contributed by atoms with Gasteiger partial charge in [0, 0.05) is 12.6 Å². The number of nitrogens with zero attached hydrogens (tertiary/aromatic N) is 1. The first kappa shape index (κ1) is 21.4. The SMILES string of the molecule is CCCNS(=O)(=O)c1ccc(/C=C/C(=O)NC(C)c2ccc(C#N)cc2)cc1. The smallest absolute Gasteiger partial charge is 0.244 e. The highest BCUT2D eigenvalue weighted by Gasteiger charge is 2.12. The molecule has 146 valence electrons. The molecule has 0 aromatic heterocycles. The van der Waals surface area contributed by atoms with Crippen LogP contribution in [0.5, 0.6) is 0 Å². The molecule has 1 atom stereocenters. The zero-order chi connectivity index (χ0) is 20.6. The predicted molar refractivity (Wildman–Crippen MR) is 109 cm³/mol. The third kappa shape index (κ3) is 6.05. The van der Waals surface area contributed by atoms with E-state index in [2.05, 4.69) is 16.1 Å². The second kappa shape index (κ2) is 9.83. The number of nitriles is 1. The molecule has 0 radical (unpaired) electrons. The molecule has 0 aliphatic rings. The van der Waals surface area contributed by atoms with Crippen LogP contribution < -0.4 is 10.0 Å². The van der Waals surface area contributed by atoms with Crippen LogP contribution in [0.2, 0.25) is 0 Å². The van der Waals surface area contributed by atoms with Crippen molar-refractivity contribution in [3.05, 3.63) is 71.3 Å². The summed E-state index contributed by atoms with van der Waals surface area (Å²) in [5.74, 6) is -0.266. The van der Waals surface area contributed by atoms with Gasteiger partial charge in [0.15, 0.2) is 0 Å². The summed E-state index contributed by atoms with van der Waals surface area (Å²) in [4.78, 5) is 12.3. The van der Waals surface area contributed by atoms with E-state index in [1.54, 1.807) is 42.5 Å². The summed E-state index contributed by atoms with van der Waals surface area (Å²) in [7, 11) is -3.50. The Hall–Kier alpha value is -2.95. The summed E-state index contributed by atoms with van der Waals surface area (Å²) < 4.78 is 26.6. The van der Waals surface area contributed by atoms with Crippen molar-refractivity contribution < 1.29 is 13.2 Å². The van der Waals surface area contributed by atoms with Crippen LogP contribution in [0, 0.1) is 11.3 Å². The van der Waals surface area contributed by atoms with Crippen molar-refractivity contribution in [3.63, 3.8) is 0 Å². The zero-order valence-electron chi connectivity index (χ0n) is 15.8. The Labute approximate surface area is 165 Å². The van der Waals surface area contributed by atoms with Gasteiger partial charge in [-0.3, -0.25) is 4.79 Å². The minimum Gasteiger partial charge on any atom is -0.346 e. The van der Waals surface area contributed by atoms with Gasteiger partial charge in [-0.15, -0.1) is 0 Å². The largest absolute Gasteiger partial charge is 0.346 e. The topological polar surface area (TPSA) is 99.1 Å². The molecule has 2 N–H and O–H groups in total. The molecule has 0 heterocycles. The van der Waals surface area contributed by atoms with Crippen LogP contribution in [-0.2, 0) is 14.8 Å². The Balaban J connectivity index is 1.97. The molecule has 2 rings (SSSR count). The van der Waals surface area contributed by atoms with E-state index in [9.17, 15) is 13.2 Å². The molecule has 6 nitrogen and oxygen atoms in total. The van der Waals surface area contributed by atoms with Gasteiger partial charge in [0.25, 0.3) is 0 Å². The maximum atomic E-state index is 12.1. The lowest BCUT2D eigenvalue weighted by Gasteiger charge is -2.12. The van der Waals surface area contributed by atoms with Crippen molar-refractivity contribution in [2.75, 3.05) is 6.54 Å². The number of nitrogens with one attached hydrogen (secondary N) is 2. The van der Waals surface area contributed by atoms with Crippen molar-refractivity contribution >= 4 is 22.0 Å². The minimum atomic E-state index is -3.50. The molecule has 0 aliphatic carbocycles. The van der Waals surface area contributed by atoms with E-state index in [0.717, 1.165) is 17.5 Å². The average molecular weight is 398 g/mol. The Morgan fingerprint density at radius 1 is 1.14 bits per heavy atom. The van der Waals surface area contributed by atoms with Gasteiger partial charge >= 0.3 is 0 Å². The summed E-state index contributed by atoms with van der Waals surface area (Å²) in [5.41, 5.74) is 2.18. The fourth-order valence-corrected chi connectivity index (χ4v) is 3.57. The molecule has 1 unspecified atom stereocenters. The van der Waals surface area contributed by atoms with Crippen molar-refractivity contribution in [1.82, 2.24) is 10.0 Å². The van der Waals surface area contributed by atoms with E-state index >= 15 is 0 Å². The average Bonchev–Trinajstić information content (AvgIpc) is 2.71. The second-order valence-corrected chi connectivity index (χ2v) is 8.03. The van der Waals surface area contributed by atoms with E-state index < -0.39 is 10.0 Å². The molecule has 0 spiro atoms. The highest BCUT2D eigenvalue weighted by molar-refractivity contribution is 7.89. The lowest BCUT2D eigenvalue weighted by atomic mass is 10.1. The third-order valence-corrected chi connectivity index (χ3v) is 5.54. The third-order valence-electron chi connectivity index (χ3n) is 4.06. The van der Waals surface area contributed by atoms with E-state index in [0.29, 0.717) is 12.1 Å². The number of rotatable bonds is 8. The summed E-state index contributed by atoms with van der Waals surface area (Å²) in [6.07, 6.45) is 3.74. The lowest BCUT2D eigenvalue weighted by Crippen LogP contribution is -2.24. The minimum absolute atomic E-state index is 0.192. The molecular weight excluding hydrogens is 374 g/mol. The van der Waals surface area contributed by atoms with Crippen LogP contribution in [0.25, 0.3) is 6.08 Å². The predicted octanol–water partition coefficient (Wildman–Crippen LogP) is 3.14. The summed E-state index contributed by atoms with van der Waals surface area (Å²) >= 11 is 0. The Bertz CT molecular complexity index is 973. The van der Waals surface area contributed by atoms with Crippen molar-refractivity contribution in [3.8, 4) is 6.07 Å². The summed E-state index contributed by atoms with van der Waals surface area (Å²) in [6, 6.07) is 15.2. The molecule has 2 aromatic carbocycles. The highest BCUT2D eigenvalue weighted by Crippen LogP contribution is 2.14. The van der Waals surface area contributed by atoms with Gasteiger partial charge in [0.1, 0.15) is 0 Å². The molecule has 2 aromatic rings. The monoisotopic (exact) mass is 397 g/mol. The quantitative estimate of drug-likeness (QED) is 0.669. The summed E-state index contributed by atoms with van der Waals surface area (Å²) in [6.45, 7) is 4.14. The van der Waals surface area contributed by atoms with E-state index in [-0.39, 0.29) is 16.8 Å². The first-order valence-corrected chi connectivity index (χ1v) is 10.4. The maximum absolute atomic E-state index is 12.1. The number of hydrogen-bond acceptors (Lipinski definition) is 4. The molecule has 1 amide bonds. The number of carbonyl (C=O) groups is 1. The summed E-state index contributed by atoms with van der Waals surface area (Å²) in [5, 5.41) is 11.7. The van der Waals surface area contributed by atoms with E-state index in [1.165, 1.54) is 18.2 Å². The molecule has 0 bridgehead atoms. The van der Waals surface area contributed by atoms with Gasteiger partial charge in [-0.1, -0.05) is 31.2 Å². The molecule has 7 heteroatoms. The van der Waals surface area contributed by atoms with Gasteiger partial charge in [0.2, 0.25) is 15.9 Å². The molecule has 0 saturated heterocycles. The van der Waals surface area contributed by atoms with Crippen molar-refractivity contribution in [2.24, 2.45) is 0 Å². The van der Waals surface area contributed by atoms with Crippen LogP contribution in [-0.4, -0.2) is 20.9 Å². The van der Waals surface area contributed by atoms with Crippen LogP contribution in [0.3, 0.4) is 0 Å². The van der Waals surface area contributed by atoms with Crippen molar-refractivity contribution in [2.45, 2.75) is 31.2 Å². The number of amides is 1. The van der Waals surface area contributed by atoms with Gasteiger partial charge in [-0.2, -0.15) is 5.26 Å².